The number of rotatable bonds is 4. The Morgan fingerprint density at radius 1 is 1.30 bits per heavy atom. The lowest BCUT2D eigenvalue weighted by Crippen LogP contribution is -2.43. The Balaban J connectivity index is 1.67. The average molecular weight is 313 g/mol. The van der Waals surface area contributed by atoms with E-state index in [0.717, 1.165) is 19.3 Å². The molecule has 1 aliphatic rings. The summed E-state index contributed by atoms with van der Waals surface area (Å²) in [7, 11) is 1.62. The number of pyridine rings is 1. The van der Waals surface area contributed by atoms with Crippen LogP contribution in [0.1, 0.15) is 29.6 Å². The van der Waals surface area contributed by atoms with Crippen LogP contribution in [-0.2, 0) is 4.79 Å². The maximum Gasteiger partial charge on any atom is 0.253 e. The van der Waals surface area contributed by atoms with E-state index in [1.807, 2.05) is 0 Å². The van der Waals surface area contributed by atoms with Crippen molar-refractivity contribution < 1.29 is 9.59 Å². The van der Waals surface area contributed by atoms with E-state index >= 15 is 0 Å². The fraction of sp³-hybridized carbons (Fsp3) is 0.375. The highest BCUT2D eigenvalue weighted by Crippen LogP contribution is 2.26. The molecule has 2 atom stereocenters. The Hall–Kier alpha value is -2.70. The normalized spacial score (nSPS) is 20.2. The van der Waals surface area contributed by atoms with E-state index < -0.39 is 0 Å². The monoisotopic (exact) mass is 313 g/mol. The number of amides is 2. The van der Waals surface area contributed by atoms with Crippen LogP contribution in [0, 0.1) is 5.92 Å². The minimum Gasteiger partial charge on any atom is -0.359 e. The lowest BCUT2D eigenvalue weighted by atomic mass is 10.0. The molecule has 3 rings (SSSR count). The zero-order valence-corrected chi connectivity index (χ0v) is 12.9. The number of hydrogen-bond donors (Lipinski definition) is 2. The number of aromatic nitrogens is 3. The fourth-order valence-electron chi connectivity index (χ4n) is 2.95. The number of imidazole rings is 1. The van der Waals surface area contributed by atoms with Gasteiger partial charge in [0.25, 0.3) is 5.91 Å². The van der Waals surface area contributed by atoms with Gasteiger partial charge in [0.15, 0.2) is 0 Å². The maximum absolute atomic E-state index is 12.4. The number of carbonyl (C=O) groups is 2. The summed E-state index contributed by atoms with van der Waals surface area (Å²) in [4.78, 5) is 32.4. The van der Waals surface area contributed by atoms with Gasteiger partial charge < -0.3 is 10.6 Å². The standard InChI is InChI=1S/C16H19N5O2/c1-17-16(23)12-3-2-4-13(12)20-15(22)11-5-6-14(19-9-11)21-8-7-18-10-21/h5-10,12-13H,2-4H2,1H3,(H,17,23)(H,20,22)/t12-,13-/m0/s1. The number of nitrogens with one attached hydrogen (secondary N) is 2. The van der Waals surface area contributed by atoms with Crippen molar-refractivity contribution in [3.05, 3.63) is 42.6 Å². The molecular weight excluding hydrogens is 294 g/mol. The zero-order valence-electron chi connectivity index (χ0n) is 12.9. The largest absolute Gasteiger partial charge is 0.359 e. The van der Waals surface area contributed by atoms with Crippen molar-refractivity contribution in [3.63, 3.8) is 0 Å². The Kier molecular flexibility index (Phi) is 4.36. The molecule has 2 amide bonds. The minimum atomic E-state index is -0.199. The molecule has 0 saturated heterocycles. The van der Waals surface area contributed by atoms with E-state index in [1.165, 1.54) is 6.20 Å². The summed E-state index contributed by atoms with van der Waals surface area (Å²) in [5, 5.41) is 5.62. The number of nitrogens with zero attached hydrogens (tertiary/aromatic N) is 3. The molecule has 1 saturated carbocycles. The first-order chi connectivity index (χ1) is 11.2. The highest BCUT2D eigenvalue weighted by Gasteiger charge is 2.33. The highest BCUT2D eigenvalue weighted by atomic mass is 16.2. The second-order valence-electron chi connectivity index (χ2n) is 5.61. The van der Waals surface area contributed by atoms with Crippen molar-refractivity contribution in [2.24, 2.45) is 5.92 Å². The third kappa shape index (κ3) is 3.23. The molecule has 120 valence electrons. The Labute approximate surface area is 134 Å². The lowest BCUT2D eigenvalue weighted by molar-refractivity contribution is -0.124. The molecule has 1 aliphatic carbocycles. The second-order valence-corrected chi connectivity index (χ2v) is 5.61. The van der Waals surface area contributed by atoms with E-state index in [2.05, 4.69) is 20.6 Å². The molecule has 0 radical (unpaired) electrons. The SMILES string of the molecule is CNC(=O)[C@H]1CCC[C@@H]1NC(=O)c1ccc(-n2ccnc2)nc1. The van der Waals surface area contributed by atoms with Gasteiger partial charge in [-0.05, 0) is 25.0 Å². The zero-order chi connectivity index (χ0) is 16.2. The summed E-state index contributed by atoms with van der Waals surface area (Å²) in [6.45, 7) is 0. The van der Waals surface area contributed by atoms with Crippen LogP contribution in [0.25, 0.3) is 5.82 Å². The first-order valence-corrected chi connectivity index (χ1v) is 7.66. The molecule has 0 spiro atoms. The molecule has 7 nitrogen and oxygen atoms in total. The Morgan fingerprint density at radius 3 is 2.83 bits per heavy atom. The first-order valence-electron chi connectivity index (χ1n) is 7.66. The van der Waals surface area contributed by atoms with Gasteiger partial charge in [0.1, 0.15) is 12.1 Å². The van der Waals surface area contributed by atoms with Crippen molar-refractivity contribution in [3.8, 4) is 5.82 Å². The van der Waals surface area contributed by atoms with Gasteiger partial charge in [-0.1, -0.05) is 6.42 Å². The van der Waals surface area contributed by atoms with Crippen LogP contribution < -0.4 is 10.6 Å². The van der Waals surface area contributed by atoms with Crippen molar-refractivity contribution in [1.29, 1.82) is 0 Å². The summed E-state index contributed by atoms with van der Waals surface area (Å²) < 4.78 is 1.76. The summed E-state index contributed by atoms with van der Waals surface area (Å²) in [6, 6.07) is 3.37. The number of carbonyl (C=O) groups excluding carboxylic acids is 2. The van der Waals surface area contributed by atoms with E-state index in [9.17, 15) is 9.59 Å². The van der Waals surface area contributed by atoms with E-state index in [1.54, 1.807) is 42.5 Å². The molecule has 2 aromatic rings. The molecule has 0 bridgehead atoms. The molecule has 2 aromatic heterocycles. The molecule has 7 heteroatoms. The maximum atomic E-state index is 12.4. The highest BCUT2D eigenvalue weighted by molar-refractivity contribution is 5.94. The first kappa shape index (κ1) is 15.2. The molecule has 0 aliphatic heterocycles. The molecule has 0 unspecified atom stereocenters. The van der Waals surface area contributed by atoms with Gasteiger partial charge in [0, 0.05) is 31.7 Å². The van der Waals surface area contributed by atoms with Crippen molar-refractivity contribution >= 4 is 11.8 Å². The van der Waals surface area contributed by atoms with Crippen molar-refractivity contribution in [2.75, 3.05) is 7.05 Å². The van der Waals surface area contributed by atoms with Gasteiger partial charge in [-0.25, -0.2) is 9.97 Å². The smallest absolute Gasteiger partial charge is 0.253 e. The molecule has 0 aromatic carbocycles. The van der Waals surface area contributed by atoms with Crippen molar-refractivity contribution in [1.82, 2.24) is 25.2 Å². The van der Waals surface area contributed by atoms with E-state index in [4.69, 9.17) is 0 Å². The second kappa shape index (κ2) is 6.60. The van der Waals surface area contributed by atoms with Crippen LogP contribution in [0.2, 0.25) is 0 Å². The van der Waals surface area contributed by atoms with E-state index in [0.29, 0.717) is 11.4 Å². The van der Waals surface area contributed by atoms with E-state index in [-0.39, 0.29) is 23.8 Å². The Bertz CT molecular complexity index is 681. The summed E-state index contributed by atoms with van der Waals surface area (Å²) in [5.41, 5.74) is 0.483. The molecular formula is C16H19N5O2. The van der Waals surface area contributed by atoms with Crippen molar-refractivity contribution in [2.45, 2.75) is 25.3 Å². The van der Waals surface area contributed by atoms with Gasteiger partial charge in [0.2, 0.25) is 5.91 Å². The molecule has 2 N–H and O–H groups in total. The predicted molar refractivity (Wildman–Crippen MR) is 84.0 cm³/mol. The third-order valence-corrected chi connectivity index (χ3v) is 4.19. The van der Waals surface area contributed by atoms with Crippen LogP contribution in [0.4, 0.5) is 0 Å². The summed E-state index contributed by atoms with van der Waals surface area (Å²) in [5.74, 6) is 0.335. The quantitative estimate of drug-likeness (QED) is 0.878. The summed E-state index contributed by atoms with van der Waals surface area (Å²) in [6.07, 6.45) is 9.21. The molecule has 2 heterocycles. The van der Waals surface area contributed by atoms with Gasteiger partial charge in [-0.3, -0.25) is 14.2 Å². The van der Waals surface area contributed by atoms with Crippen LogP contribution in [0.15, 0.2) is 37.1 Å². The van der Waals surface area contributed by atoms with Gasteiger partial charge in [-0.15, -0.1) is 0 Å². The minimum absolute atomic E-state index is 0.0126. The lowest BCUT2D eigenvalue weighted by Gasteiger charge is -2.19. The van der Waals surface area contributed by atoms with Gasteiger partial charge >= 0.3 is 0 Å². The van der Waals surface area contributed by atoms with Crippen LogP contribution in [0.5, 0.6) is 0 Å². The number of hydrogen-bond acceptors (Lipinski definition) is 4. The van der Waals surface area contributed by atoms with Gasteiger partial charge in [0.05, 0.1) is 11.5 Å². The van der Waals surface area contributed by atoms with Crippen LogP contribution in [-0.4, -0.2) is 39.4 Å². The van der Waals surface area contributed by atoms with Crippen LogP contribution in [0.3, 0.4) is 0 Å². The fourth-order valence-corrected chi connectivity index (χ4v) is 2.95. The average Bonchev–Trinajstić information content (AvgIpc) is 3.26. The summed E-state index contributed by atoms with van der Waals surface area (Å²) >= 11 is 0. The molecule has 1 fully saturated rings. The molecule has 23 heavy (non-hydrogen) atoms. The topological polar surface area (TPSA) is 88.9 Å². The Morgan fingerprint density at radius 2 is 2.17 bits per heavy atom. The van der Waals surface area contributed by atoms with Gasteiger partial charge in [-0.2, -0.15) is 0 Å². The predicted octanol–water partition coefficient (Wildman–Crippen LogP) is 0.912. The third-order valence-electron chi connectivity index (χ3n) is 4.19. The van der Waals surface area contributed by atoms with Crippen LogP contribution >= 0.6 is 0 Å².